The van der Waals surface area contributed by atoms with Crippen LogP contribution in [0.5, 0.6) is 0 Å². The Morgan fingerprint density at radius 2 is 2.17 bits per heavy atom. The average Bonchev–Trinajstić information content (AvgIpc) is 2.61. The zero-order chi connectivity index (χ0) is 13.3. The van der Waals surface area contributed by atoms with Crippen molar-refractivity contribution in [3.05, 3.63) is 40.0 Å². The van der Waals surface area contributed by atoms with Gasteiger partial charge in [0.15, 0.2) is 0 Å². The fourth-order valence-corrected chi connectivity index (χ4v) is 1.62. The molecule has 2 aromatic rings. The fraction of sp³-hybridized carbons (Fsp3) is 0.167. The average molecular weight is 266 g/mol. The van der Waals surface area contributed by atoms with E-state index in [1.165, 1.54) is 6.07 Å². The van der Waals surface area contributed by atoms with Crippen molar-refractivity contribution in [3.8, 4) is 0 Å². The van der Waals surface area contributed by atoms with Crippen LogP contribution in [0.25, 0.3) is 0 Å². The molecule has 0 fully saturated rings. The molecule has 0 aliphatic heterocycles. The van der Waals surface area contributed by atoms with Gasteiger partial charge in [0.1, 0.15) is 0 Å². The molecule has 3 N–H and O–H groups in total. The number of nitrogens with one attached hydrogen (secondary N) is 1. The summed E-state index contributed by atoms with van der Waals surface area (Å²) in [6.45, 7) is 3.61. The number of amides is 1. The first-order valence-electron chi connectivity index (χ1n) is 5.28. The molecule has 18 heavy (non-hydrogen) atoms. The van der Waals surface area contributed by atoms with Gasteiger partial charge >= 0.3 is 0 Å². The zero-order valence-corrected chi connectivity index (χ0v) is 10.7. The van der Waals surface area contributed by atoms with Crippen LogP contribution in [0.3, 0.4) is 0 Å². The number of rotatable bonds is 2. The normalized spacial score (nSPS) is 10.4. The predicted octanol–water partition coefficient (Wildman–Crippen LogP) is 2.78. The standard InChI is InChI=1S/C12H12ClN3O2/c1-6-7(2)16-18-12(6)15-11(17)9-4-3-8(13)5-10(9)14/h3-5H,14H2,1-2H3,(H,15,17). The van der Waals surface area contributed by atoms with Gasteiger partial charge in [-0.25, -0.2) is 0 Å². The van der Waals surface area contributed by atoms with Crippen LogP contribution in [-0.4, -0.2) is 11.1 Å². The summed E-state index contributed by atoms with van der Waals surface area (Å²) >= 11 is 5.77. The number of anilines is 2. The fourth-order valence-electron chi connectivity index (χ4n) is 1.44. The number of nitrogen functional groups attached to an aromatic ring is 1. The largest absolute Gasteiger partial charge is 0.398 e. The predicted molar refractivity (Wildman–Crippen MR) is 69.8 cm³/mol. The first-order valence-corrected chi connectivity index (χ1v) is 5.66. The van der Waals surface area contributed by atoms with Gasteiger partial charge in [0.05, 0.1) is 11.3 Å². The maximum Gasteiger partial charge on any atom is 0.260 e. The van der Waals surface area contributed by atoms with Crippen LogP contribution >= 0.6 is 11.6 Å². The summed E-state index contributed by atoms with van der Waals surface area (Å²) in [5, 5.41) is 6.86. The van der Waals surface area contributed by atoms with E-state index in [0.717, 1.165) is 11.3 Å². The molecule has 0 bridgehead atoms. The number of carbonyl (C=O) groups is 1. The maximum atomic E-state index is 12.0. The third-order valence-corrected chi connectivity index (χ3v) is 2.88. The number of nitrogens with two attached hydrogens (primary N) is 1. The van der Waals surface area contributed by atoms with E-state index in [4.69, 9.17) is 21.9 Å². The number of benzene rings is 1. The Morgan fingerprint density at radius 3 is 2.72 bits per heavy atom. The Bertz CT molecular complexity index is 607. The lowest BCUT2D eigenvalue weighted by molar-refractivity contribution is 0.102. The number of aromatic nitrogens is 1. The van der Waals surface area contributed by atoms with Crippen LogP contribution in [0.15, 0.2) is 22.7 Å². The molecule has 0 aliphatic rings. The van der Waals surface area contributed by atoms with Gasteiger partial charge in [-0.15, -0.1) is 0 Å². The molecule has 0 radical (unpaired) electrons. The molecule has 1 heterocycles. The topological polar surface area (TPSA) is 81.2 Å². The van der Waals surface area contributed by atoms with E-state index in [-0.39, 0.29) is 5.91 Å². The van der Waals surface area contributed by atoms with Crippen LogP contribution in [0.1, 0.15) is 21.6 Å². The third kappa shape index (κ3) is 2.31. The van der Waals surface area contributed by atoms with E-state index in [2.05, 4.69) is 10.5 Å². The van der Waals surface area contributed by atoms with Crippen molar-refractivity contribution >= 4 is 29.1 Å². The monoisotopic (exact) mass is 265 g/mol. The van der Waals surface area contributed by atoms with E-state index in [1.54, 1.807) is 19.1 Å². The van der Waals surface area contributed by atoms with E-state index in [9.17, 15) is 4.79 Å². The highest BCUT2D eigenvalue weighted by Gasteiger charge is 2.15. The Hall–Kier alpha value is -2.01. The van der Waals surface area contributed by atoms with E-state index in [0.29, 0.717) is 22.2 Å². The molecule has 0 spiro atoms. The van der Waals surface area contributed by atoms with Crippen molar-refractivity contribution in [1.29, 1.82) is 0 Å². The molecule has 0 saturated heterocycles. The maximum absolute atomic E-state index is 12.0. The minimum atomic E-state index is -0.358. The molecule has 2 rings (SSSR count). The minimum Gasteiger partial charge on any atom is -0.398 e. The number of hydrogen-bond acceptors (Lipinski definition) is 4. The summed E-state index contributed by atoms with van der Waals surface area (Å²) in [7, 11) is 0. The molecule has 5 nitrogen and oxygen atoms in total. The molecule has 0 aliphatic carbocycles. The van der Waals surface area contributed by atoms with Crippen molar-refractivity contribution < 1.29 is 9.32 Å². The van der Waals surface area contributed by atoms with Crippen molar-refractivity contribution in [2.45, 2.75) is 13.8 Å². The first-order chi connectivity index (χ1) is 8.49. The molecule has 0 atom stereocenters. The smallest absolute Gasteiger partial charge is 0.260 e. The SMILES string of the molecule is Cc1noc(NC(=O)c2ccc(Cl)cc2N)c1C. The van der Waals surface area contributed by atoms with Gasteiger partial charge in [-0.3, -0.25) is 10.1 Å². The van der Waals surface area contributed by atoms with Crippen molar-refractivity contribution in [2.75, 3.05) is 11.1 Å². The van der Waals surface area contributed by atoms with Crippen molar-refractivity contribution in [1.82, 2.24) is 5.16 Å². The number of hydrogen-bond donors (Lipinski definition) is 2. The Balaban J connectivity index is 2.25. The summed E-state index contributed by atoms with van der Waals surface area (Å²) in [6.07, 6.45) is 0. The summed E-state index contributed by atoms with van der Waals surface area (Å²) < 4.78 is 5.00. The molecule has 1 aromatic heterocycles. The number of carbonyl (C=O) groups excluding carboxylic acids is 1. The lowest BCUT2D eigenvalue weighted by Crippen LogP contribution is -2.14. The second-order valence-electron chi connectivity index (χ2n) is 3.91. The van der Waals surface area contributed by atoms with Gasteiger partial charge in [-0.2, -0.15) is 0 Å². The minimum absolute atomic E-state index is 0.314. The number of nitrogens with zero attached hydrogens (tertiary/aromatic N) is 1. The molecular weight excluding hydrogens is 254 g/mol. The number of aryl methyl sites for hydroxylation is 1. The van der Waals surface area contributed by atoms with Gasteiger partial charge in [0, 0.05) is 16.3 Å². The van der Waals surface area contributed by atoms with Gasteiger partial charge in [-0.05, 0) is 32.0 Å². The molecular formula is C12H12ClN3O2. The highest BCUT2D eigenvalue weighted by Crippen LogP contribution is 2.21. The highest BCUT2D eigenvalue weighted by atomic mass is 35.5. The molecule has 1 aromatic carbocycles. The molecule has 0 saturated carbocycles. The summed E-state index contributed by atoms with van der Waals surface area (Å²) in [6, 6.07) is 4.69. The number of halogens is 1. The summed E-state index contributed by atoms with van der Waals surface area (Å²) in [5.41, 5.74) is 7.90. The first kappa shape index (κ1) is 12.4. The van der Waals surface area contributed by atoms with Crippen molar-refractivity contribution in [3.63, 3.8) is 0 Å². The van der Waals surface area contributed by atoms with Crippen LogP contribution in [-0.2, 0) is 0 Å². The van der Waals surface area contributed by atoms with Gasteiger partial charge < -0.3 is 10.3 Å². The van der Waals surface area contributed by atoms with Crippen LogP contribution in [0.4, 0.5) is 11.6 Å². The zero-order valence-electron chi connectivity index (χ0n) is 9.95. The Labute approximate surface area is 109 Å². The lowest BCUT2D eigenvalue weighted by atomic mass is 10.1. The van der Waals surface area contributed by atoms with Gasteiger partial charge in [0.2, 0.25) is 5.88 Å². The molecule has 6 heteroatoms. The van der Waals surface area contributed by atoms with E-state index in [1.807, 2.05) is 6.92 Å². The van der Waals surface area contributed by atoms with E-state index >= 15 is 0 Å². The second kappa shape index (κ2) is 4.70. The van der Waals surface area contributed by atoms with Crippen molar-refractivity contribution in [2.24, 2.45) is 0 Å². The van der Waals surface area contributed by atoms with Gasteiger partial charge in [0.25, 0.3) is 5.91 Å². The van der Waals surface area contributed by atoms with Crippen LogP contribution < -0.4 is 11.1 Å². The van der Waals surface area contributed by atoms with Crippen LogP contribution in [0, 0.1) is 13.8 Å². The molecule has 1 amide bonds. The van der Waals surface area contributed by atoms with Crippen LogP contribution in [0.2, 0.25) is 5.02 Å². The molecule has 0 unspecified atom stereocenters. The highest BCUT2D eigenvalue weighted by molar-refractivity contribution is 6.31. The summed E-state index contributed by atoms with van der Waals surface area (Å²) in [5.74, 6) is -0.0322. The Kier molecular flexibility index (Phi) is 3.25. The quantitative estimate of drug-likeness (QED) is 0.818. The Morgan fingerprint density at radius 1 is 1.44 bits per heavy atom. The summed E-state index contributed by atoms with van der Waals surface area (Å²) in [4.78, 5) is 12.0. The van der Waals surface area contributed by atoms with E-state index < -0.39 is 0 Å². The van der Waals surface area contributed by atoms with Gasteiger partial charge in [-0.1, -0.05) is 16.8 Å². The third-order valence-electron chi connectivity index (χ3n) is 2.64. The lowest BCUT2D eigenvalue weighted by Gasteiger charge is -2.05. The second-order valence-corrected chi connectivity index (χ2v) is 4.34. The molecule has 94 valence electrons.